The Hall–Kier alpha value is -4.33. The fourth-order valence-electron chi connectivity index (χ4n) is 4.92. The number of amides is 3. The summed E-state index contributed by atoms with van der Waals surface area (Å²) in [7, 11) is -1.60. The van der Waals surface area contributed by atoms with Gasteiger partial charge in [-0.15, -0.1) is 0 Å². The molecule has 1 heterocycles. The molecule has 13 heteroatoms. The first-order chi connectivity index (χ1) is 22.6. The summed E-state index contributed by atoms with van der Waals surface area (Å²) in [5.41, 5.74) is 9.36. The number of benzene rings is 2. The van der Waals surface area contributed by atoms with E-state index < -0.39 is 7.12 Å². The Balaban J connectivity index is 0.000000414. The molecule has 0 spiro atoms. The average Bonchev–Trinajstić information content (AvgIpc) is 3.63. The van der Waals surface area contributed by atoms with Gasteiger partial charge in [0.15, 0.2) is 0 Å². The molecule has 3 amide bonds. The van der Waals surface area contributed by atoms with E-state index in [9.17, 15) is 19.6 Å². The van der Waals surface area contributed by atoms with Gasteiger partial charge in [0.1, 0.15) is 12.0 Å². The number of hydrazine groups is 1. The minimum atomic E-state index is -1.60. The lowest BCUT2D eigenvalue weighted by Gasteiger charge is -2.20. The zero-order chi connectivity index (χ0) is 35.2. The summed E-state index contributed by atoms with van der Waals surface area (Å²) in [5.74, 6) is 5.98. The number of aromatic nitrogens is 1. The number of carbonyl (C=O) groups excluding carboxylic acids is 3. The van der Waals surface area contributed by atoms with Crippen LogP contribution in [0.3, 0.4) is 0 Å². The molecule has 1 aliphatic rings. The third-order valence-electron chi connectivity index (χ3n) is 7.60. The van der Waals surface area contributed by atoms with Crippen molar-refractivity contribution < 1.29 is 24.4 Å². The number of rotatable bonds is 11. The highest BCUT2D eigenvalue weighted by Crippen LogP contribution is 2.27. The van der Waals surface area contributed by atoms with Crippen LogP contribution in [0.25, 0.3) is 10.9 Å². The number of nitrogens with one attached hydrogen (secondary N) is 3. The van der Waals surface area contributed by atoms with Crippen molar-refractivity contribution in [2.45, 2.75) is 85.7 Å². The minimum Gasteiger partial charge on any atom is -0.423 e. The standard InChI is InChI=1S/C17H20N2O.C14H23BN4O3.C2H6.CH3NO/c1-12(13-6-2-3-7-13)18-17(20)16-11-10-14-8-4-5-9-15(14)19-16;1-3-10(2)4-14(20)17-8-11-5-12(15(21)22)7-13(6-11)18-9-19-16;1-2;2-1-3/h4-5,8-13H,2-3,6-7H2,1H3,(H,18,20);5-7,9-10,21-22H,3-4,8,16H2,1-2H3,(H,17,20)(H,18,19);1-2H3;1H,(H2,2,3). The highest BCUT2D eigenvalue weighted by Gasteiger charge is 2.23. The van der Waals surface area contributed by atoms with Crippen molar-refractivity contribution in [3.8, 4) is 0 Å². The molecular weight excluding hydrogens is 597 g/mol. The van der Waals surface area contributed by atoms with Crippen LogP contribution < -0.4 is 33.1 Å². The number of nitrogens with zero attached hydrogens (tertiary/aromatic N) is 2. The van der Waals surface area contributed by atoms with E-state index in [-0.39, 0.29) is 24.3 Å². The number of pyridine rings is 1. The van der Waals surface area contributed by atoms with Gasteiger partial charge in [0.25, 0.3) is 5.91 Å². The summed E-state index contributed by atoms with van der Waals surface area (Å²) in [6, 6.07) is 16.7. The Labute approximate surface area is 278 Å². The lowest BCUT2D eigenvalue weighted by molar-refractivity contribution is -0.122. The number of hydrogen-bond acceptors (Lipinski definition) is 8. The fourth-order valence-corrected chi connectivity index (χ4v) is 4.92. The number of para-hydroxylation sites is 1. The molecule has 2 atom stereocenters. The van der Waals surface area contributed by atoms with E-state index in [4.69, 9.17) is 10.6 Å². The number of carbonyl (C=O) groups is 3. The Morgan fingerprint density at radius 1 is 1.09 bits per heavy atom. The maximum Gasteiger partial charge on any atom is 0.488 e. The summed E-state index contributed by atoms with van der Waals surface area (Å²) in [6.07, 6.45) is 8.00. The van der Waals surface area contributed by atoms with E-state index in [0.717, 1.165) is 22.9 Å². The molecule has 0 aliphatic heterocycles. The normalized spacial score (nSPS) is 13.4. The van der Waals surface area contributed by atoms with Crippen LogP contribution >= 0.6 is 0 Å². The monoisotopic (exact) mass is 649 g/mol. The van der Waals surface area contributed by atoms with Crippen molar-refractivity contribution in [2.75, 3.05) is 0 Å². The minimum absolute atomic E-state index is 0.0297. The highest BCUT2D eigenvalue weighted by atomic mass is 16.4. The molecule has 1 aliphatic carbocycles. The van der Waals surface area contributed by atoms with E-state index >= 15 is 0 Å². The van der Waals surface area contributed by atoms with E-state index in [2.05, 4.69) is 38.7 Å². The van der Waals surface area contributed by atoms with Gasteiger partial charge >= 0.3 is 7.12 Å². The third kappa shape index (κ3) is 15.2. The number of aliphatic imine (C=N–C) groups is 1. The largest absolute Gasteiger partial charge is 0.488 e. The molecule has 3 aromatic rings. The van der Waals surface area contributed by atoms with Crippen LogP contribution in [0.4, 0.5) is 5.69 Å². The first-order valence-electron chi connectivity index (χ1n) is 16.2. The van der Waals surface area contributed by atoms with Crippen LogP contribution in [-0.2, 0) is 16.1 Å². The van der Waals surface area contributed by atoms with Crippen LogP contribution in [0.15, 0.2) is 59.6 Å². The maximum absolute atomic E-state index is 12.3. The quantitative estimate of drug-likeness (QED) is 0.0409. The molecule has 9 N–H and O–H groups in total. The van der Waals surface area contributed by atoms with E-state index in [1.54, 1.807) is 18.2 Å². The third-order valence-corrected chi connectivity index (χ3v) is 7.60. The van der Waals surface area contributed by atoms with Gasteiger partial charge in [-0.25, -0.2) is 15.8 Å². The zero-order valence-electron chi connectivity index (χ0n) is 28.3. The Bertz CT molecular complexity index is 1400. The van der Waals surface area contributed by atoms with E-state index in [1.165, 1.54) is 38.1 Å². The van der Waals surface area contributed by atoms with Gasteiger partial charge in [-0.1, -0.05) is 77.3 Å². The average molecular weight is 650 g/mol. The number of primary amides is 1. The van der Waals surface area contributed by atoms with Crippen LogP contribution in [-0.4, -0.2) is 52.8 Å². The molecule has 1 aromatic heterocycles. The van der Waals surface area contributed by atoms with Gasteiger partial charge in [0, 0.05) is 24.4 Å². The van der Waals surface area contributed by atoms with Crippen LogP contribution in [0.2, 0.25) is 0 Å². The summed E-state index contributed by atoms with van der Waals surface area (Å²) < 4.78 is 0. The Kier molecular flexibility index (Phi) is 20.0. The number of nitrogens with two attached hydrogens (primary N) is 2. The first-order valence-corrected chi connectivity index (χ1v) is 16.2. The van der Waals surface area contributed by atoms with Gasteiger partial charge in [-0.3, -0.25) is 14.4 Å². The van der Waals surface area contributed by atoms with E-state index in [0.29, 0.717) is 41.6 Å². The summed E-state index contributed by atoms with van der Waals surface area (Å²) in [5, 5.41) is 25.6. The lowest BCUT2D eigenvalue weighted by atomic mass is 9.79. The van der Waals surface area contributed by atoms with Gasteiger partial charge in [-0.05, 0) is 66.9 Å². The SMILES string of the molecule is CC.CC(NC(=O)c1ccc2ccccc2n1)C1CCCC1.CCC(C)CC(=O)NCc1cc(N=CNN)cc(B(O)O)c1.NC=O. The van der Waals surface area contributed by atoms with E-state index in [1.807, 2.05) is 58.0 Å². The predicted molar refractivity (Wildman–Crippen MR) is 190 cm³/mol. The number of hydrogen-bond donors (Lipinski definition) is 7. The summed E-state index contributed by atoms with van der Waals surface area (Å²) in [4.78, 5) is 41.1. The second-order valence-corrected chi connectivity index (χ2v) is 11.1. The van der Waals surface area contributed by atoms with Crippen molar-refractivity contribution in [1.29, 1.82) is 0 Å². The van der Waals surface area contributed by atoms with Crippen molar-refractivity contribution in [2.24, 2.45) is 28.4 Å². The van der Waals surface area contributed by atoms with Gasteiger partial charge in [0.2, 0.25) is 12.3 Å². The van der Waals surface area contributed by atoms with Crippen molar-refractivity contribution in [3.05, 3.63) is 65.9 Å². The summed E-state index contributed by atoms with van der Waals surface area (Å²) >= 11 is 0. The second-order valence-electron chi connectivity index (χ2n) is 11.1. The Morgan fingerprint density at radius 3 is 2.36 bits per heavy atom. The highest BCUT2D eigenvalue weighted by molar-refractivity contribution is 6.58. The zero-order valence-corrected chi connectivity index (χ0v) is 28.3. The molecule has 0 radical (unpaired) electrons. The summed E-state index contributed by atoms with van der Waals surface area (Å²) in [6.45, 7) is 10.5. The maximum atomic E-state index is 12.3. The van der Waals surface area contributed by atoms with Crippen molar-refractivity contribution in [1.82, 2.24) is 21.0 Å². The topological polar surface area (TPSA) is 205 Å². The fraction of sp³-hybridized carbons (Fsp3) is 0.441. The van der Waals surface area contributed by atoms with Gasteiger partial charge < -0.3 is 31.8 Å². The molecule has 2 unspecified atom stereocenters. The lowest BCUT2D eigenvalue weighted by Crippen LogP contribution is -2.37. The molecule has 12 nitrogen and oxygen atoms in total. The molecule has 1 saturated carbocycles. The molecule has 1 fully saturated rings. The number of fused-ring (bicyclic) bond motifs is 1. The Morgan fingerprint density at radius 2 is 1.74 bits per heavy atom. The molecule has 256 valence electrons. The van der Waals surface area contributed by atoms with Crippen LogP contribution in [0, 0.1) is 11.8 Å². The predicted octanol–water partition coefficient (Wildman–Crippen LogP) is 3.21. The second kappa shape index (κ2) is 23.1. The van der Waals surface area contributed by atoms with Gasteiger partial charge in [-0.2, -0.15) is 0 Å². The molecule has 4 rings (SSSR count). The molecule has 2 aromatic carbocycles. The molecular formula is C34H52BN7O5. The van der Waals surface area contributed by atoms with Crippen molar-refractivity contribution in [3.63, 3.8) is 0 Å². The van der Waals surface area contributed by atoms with Crippen LogP contribution in [0.1, 0.15) is 89.2 Å². The smallest absolute Gasteiger partial charge is 0.423 e. The molecule has 47 heavy (non-hydrogen) atoms. The molecule has 0 bridgehead atoms. The molecule has 0 saturated heterocycles. The van der Waals surface area contributed by atoms with Gasteiger partial charge in [0.05, 0.1) is 11.2 Å². The van der Waals surface area contributed by atoms with Crippen LogP contribution in [0.5, 0.6) is 0 Å². The first kappa shape index (κ1) is 40.7. The van der Waals surface area contributed by atoms with Crippen molar-refractivity contribution >= 4 is 53.7 Å².